The molecule has 2 aromatic rings. The fourth-order valence-corrected chi connectivity index (χ4v) is 4.81. The average Bonchev–Trinajstić information content (AvgIpc) is 2.99. The molecule has 1 aliphatic heterocycles. The second-order valence-electron chi connectivity index (χ2n) is 5.14. The molecule has 1 aromatic carbocycles. The van der Waals surface area contributed by atoms with Gasteiger partial charge in [-0.15, -0.1) is 0 Å². The number of hydrogen-bond acceptors (Lipinski definition) is 4. The highest BCUT2D eigenvalue weighted by atomic mass is 32.2. The molecule has 21 heavy (non-hydrogen) atoms. The van der Waals surface area contributed by atoms with E-state index in [1.54, 1.807) is 19.9 Å². The van der Waals surface area contributed by atoms with Crippen LogP contribution in [0.3, 0.4) is 0 Å². The van der Waals surface area contributed by atoms with Crippen molar-refractivity contribution in [3.63, 3.8) is 0 Å². The predicted molar refractivity (Wildman–Crippen MR) is 78.8 cm³/mol. The number of aliphatic hydroxyl groups excluding tert-OH is 1. The number of fused-ring (bicyclic) bond motifs is 1. The molecule has 6 heteroatoms. The van der Waals surface area contributed by atoms with E-state index in [0.717, 1.165) is 5.56 Å². The Morgan fingerprint density at radius 3 is 2.67 bits per heavy atom. The zero-order chi connectivity index (χ0) is 15.2. The lowest BCUT2D eigenvalue weighted by Crippen LogP contribution is -2.30. The highest BCUT2D eigenvalue weighted by molar-refractivity contribution is 7.93. The molecule has 1 N–H and O–H groups in total. The zero-order valence-corrected chi connectivity index (χ0v) is 12.8. The first-order chi connectivity index (χ1) is 9.96. The van der Waals surface area contributed by atoms with Crippen LogP contribution in [0.15, 0.2) is 33.6 Å². The first-order valence-corrected chi connectivity index (χ1v) is 8.21. The Labute approximate surface area is 123 Å². The van der Waals surface area contributed by atoms with Gasteiger partial charge in [0.25, 0.3) is 10.0 Å². The summed E-state index contributed by atoms with van der Waals surface area (Å²) in [6.45, 7) is 3.33. The molecule has 1 aromatic heterocycles. The lowest BCUT2D eigenvalue weighted by Gasteiger charge is -2.19. The van der Waals surface area contributed by atoms with Gasteiger partial charge in [-0.3, -0.25) is 4.31 Å². The van der Waals surface area contributed by atoms with Crippen molar-refractivity contribution in [2.45, 2.75) is 31.8 Å². The van der Waals surface area contributed by atoms with E-state index >= 15 is 0 Å². The predicted octanol–water partition coefficient (Wildman–Crippen LogP) is 2.14. The van der Waals surface area contributed by atoms with Crippen LogP contribution in [0, 0.1) is 13.8 Å². The Morgan fingerprint density at radius 2 is 1.95 bits per heavy atom. The molecule has 0 amide bonds. The molecule has 5 nitrogen and oxygen atoms in total. The first-order valence-electron chi connectivity index (χ1n) is 6.77. The summed E-state index contributed by atoms with van der Waals surface area (Å²) in [6.07, 6.45) is 0.694. The molecule has 0 unspecified atom stereocenters. The van der Waals surface area contributed by atoms with Gasteiger partial charge in [0.2, 0.25) is 0 Å². The Bertz CT molecular complexity index is 792. The van der Waals surface area contributed by atoms with Gasteiger partial charge in [-0.1, -0.05) is 18.2 Å². The van der Waals surface area contributed by atoms with Crippen LogP contribution < -0.4 is 4.31 Å². The van der Waals surface area contributed by atoms with Gasteiger partial charge < -0.3 is 9.52 Å². The zero-order valence-electron chi connectivity index (χ0n) is 12.0. The minimum atomic E-state index is -3.73. The van der Waals surface area contributed by atoms with Crippen LogP contribution >= 0.6 is 0 Å². The number of sulfonamides is 1. The SMILES string of the molecule is Cc1oc(C)c(S(=O)(=O)N2CCc3ccccc32)c1CO. The van der Waals surface area contributed by atoms with Crippen molar-refractivity contribution in [1.82, 2.24) is 0 Å². The van der Waals surface area contributed by atoms with Crippen LogP contribution in [0.4, 0.5) is 5.69 Å². The van der Waals surface area contributed by atoms with E-state index in [2.05, 4.69) is 0 Å². The van der Waals surface area contributed by atoms with E-state index in [4.69, 9.17) is 4.42 Å². The summed E-state index contributed by atoms with van der Waals surface area (Å²) in [6, 6.07) is 7.47. The first kappa shape index (κ1) is 14.2. The standard InChI is InChI=1S/C15H17NO4S/c1-10-13(9-17)15(11(2)20-10)21(18,19)16-8-7-12-5-3-4-6-14(12)16/h3-6,17H,7-9H2,1-2H3. The molecule has 3 rings (SSSR count). The molecule has 112 valence electrons. The molecule has 0 atom stereocenters. The Hall–Kier alpha value is -1.79. The van der Waals surface area contributed by atoms with Crippen molar-refractivity contribution in [3.05, 3.63) is 46.9 Å². The minimum absolute atomic E-state index is 0.0965. The monoisotopic (exact) mass is 307 g/mol. The normalized spacial score (nSPS) is 14.5. The lowest BCUT2D eigenvalue weighted by molar-refractivity contribution is 0.276. The van der Waals surface area contributed by atoms with E-state index in [0.29, 0.717) is 35.7 Å². The molecule has 1 aliphatic rings. The van der Waals surface area contributed by atoms with E-state index in [1.807, 2.05) is 18.2 Å². The topological polar surface area (TPSA) is 70.8 Å². The van der Waals surface area contributed by atoms with Gasteiger partial charge in [0.05, 0.1) is 12.3 Å². The number of aryl methyl sites for hydroxylation is 2. The maximum absolute atomic E-state index is 13.0. The largest absolute Gasteiger partial charge is 0.465 e. The highest BCUT2D eigenvalue weighted by Crippen LogP contribution is 2.36. The number of nitrogens with zero attached hydrogens (tertiary/aromatic N) is 1. The van der Waals surface area contributed by atoms with Crippen LogP contribution in [0.25, 0.3) is 0 Å². The molecule has 2 heterocycles. The Morgan fingerprint density at radius 1 is 1.24 bits per heavy atom. The van der Waals surface area contributed by atoms with Crippen molar-refractivity contribution in [2.75, 3.05) is 10.8 Å². The van der Waals surface area contributed by atoms with Gasteiger partial charge in [-0.2, -0.15) is 0 Å². The molecule has 0 radical (unpaired) electrons. The molecule has 0 bridgehead atoms. The molecular formula is C15H17NO4S. The van der Waals surface area contributed by atoms with Crippen molar-refractivity contribution >= 4 is 15.7 Å². The molecule has 0 spiro atoms. The van der Waals surface area contributed by atoms with Crippen LogP contribution in [0.5, 0.6) is 0 Å². The summed E-state index contributed by atoms with van der Waals surface area (Å²) in [5.41, 5.74) is 2.07. The third kappa shape index (κ3) is 2.06. The highest BCUT2D eigenvalue weighted by Gasteiger charge is 2.35. The Kier molecular flexibility index (Phi) is 3.30. The van der Waals surface area contributed by atoms with Crippen LogP contribution in [0.1, 0.15) is 22.6 Å². The van der Waals surface area contributed by atoms with E-state index < -0.39 is 10.0 Å². The van der Waals surface area contributed by atoms with Crippen LogP contribution in [0.2, 0.25) is 0 Å². The number of furan rings is 1. The smallest absolute Gasteiger partial charge is 0.268 e. The van der Waals surface area contributed by atoms with E-state index in [9.17, 15) is 13.5 Å². The van der Waals surface area contributed by atoms with Crippen LogP contribution in [-0.2, 0) is 23.1 Å². The Balaban J connectivity index is 2.15. The van der Waals surface area contributed by atoms with E-state index in [1.165, 1.54) is 4.31 Å². The summed E-state index contributed by atoms with van der Waals surface area (Å²) in [5.74, 6) is 0.766. The molecular weight excluding hydrogens is 290 g/mol. The molecule has 0 aliphatic carbocycles. The van der Waals surface area contributed by atoms with Gasteiger partial charge >= 0.3 is 0 Å². The quantitative estimate of drug-likeness (QED) is 0.943. The summed E-state index contributed by atoms with van der Waals surface area (Å²) < 4.78 is 32.7. The minimum Gasteiger partial charge on any atom is -0.465 e. The number of aliphatic hydroxyl groups is 1. The van der Waals surface area contributed by atoms with Gasteiger partial charge in [0.15, 0.2) is 0 Å². The van der Waals surface area contributed by atoms with Gasteiger partial charge in [-0.05, 0) is 31.9 Å². The number of para-hydroxylation sites is 1. The second-order valence-corrected chi connectivity index (χ2v) is 6.94. The van der Waals surface area contributed by atoms with Crippen molar-refractivity contribution < 1.29 is 17.9 Å². The number of anilines is 1. The second kappa shape index (κ2) is 4.89. The van der Waals surface area contributed by atoms with Crippen molar-refractivity contribution in [1.29, 1.82) is 0 Å². The summed E-state index contributed by atoms with van der Waals surface area (Å²) in [7, 11) is -3.73. The fraction of sp³-hybridized carbons (Fsp3) is 0.333. The molecule has 0 saturated heterocycles. The summed E-state index contributed by atoms with van der Waals surface area (Å²) in [5, 5.41) is 9.47. The summed E-state index contributed by atoms with van der Waals surface area (Å²) in [4.78, 5) is 0.0965. The number of rotatable bonds is 3. The fourth-order valence-electron chi connectivity index (χ4n) is 2.90. The average molecular weight is 307 g/mol. The summed E-state index contributed by atoms with van der Waals surface area (Å²) >= 11 is 0. The van der Waals surface area contributed by atoms with Crippen molar-refractivity contribution in [3.8, 4) is 0 Å². The van der Waals surface area contributed by atoms with E-state index in [-0.39, 0.29) is 11.5 Å². The third-order valence-electron chi connectivity index (χ3n) is 3.88. The number of benzene rings is 1. The van der Waals surface area contributed by atoms with Gasteiger partial charge in [0, 0.05) is 12.1 Å². The van der Waals surface area contributed by atoms with Gasteiger partial charge in [0.1, 0.15) is 16.4 Å². The maximum atomic E-state index is 13.0. The van der Waals surface area contributed by atoms with Crippen molar-refractivity contribution in [2.24, 2.45) is 0 Å². The molecule has 0 saturated carbocycles. The lowest BCUT2D eigenvalue weighted by atomic mass is 10.2. The number of hydrogen-bond donors (Lipinski definition) is 1. The van der Waals surface area contributed by atoms with Crippen LogP contribution in [-0.4, -0.2) is 20.1 Å². The van der Waals surface area contributed by atoms with Gasteiger partial charge in [-0.25, -0.2) is 8.42 Å². The third-order valence-corrected chi connectivity index (χ3v) is 5.89. The maximum Gasteiger partial charge on any atom is 0.268 e. The molecule has 0 fully saturated rings.